The highest BCUT2D eigenvalue weighted by atomic mass is 19.2. The molecule has 0 bridgehead atoms. The van der Waals surface area contributed by atoms with E-state index < -0.39 is 28.4 Å². The van der Waals surface area contributed by atoms with Gasteiger partial charge in [0.1, 0.15) is 23.0 Å². The monoisotopic (exact) mass is 1480 g/mol. The van der Waals surface area contributed by atoms with Crippen LogP contribution in [0, 0.1) is 11.6 Å². The van der Waals surface area contributed by atoms with Gasteiger partial charge in [-0.25, -0.2) is 18.4 Å². The van der Waals surface area contributed by atoms with Gasteiger partial charge in [-0.1, -0.05) is 171 Å². The molecule has 12 nitrogen and oxygen atoms in total. The zero-order valence-corrected chi connectivity index (χ0v) is 63.8. The van der Waals surface area contributed by atoms with E-state index >= 15 is 0 Å². The third-order valence-corrected chi connectivity index (χ3v) is 22.4. The van der Waals surface area contributed by atoms with E-state index in [1.54, 1.807) is 6.07 Å². The van der Waals surface area contributed by atoms with Gasteiger partial charge >= 0.3 is 11.9 Å². The van der Waals surface area contributed by atoms with E-state index in [9.17, 15) is 18.4 Å². The number of hydrogen-bond acceptors (Lipinski definition) is 12. The van der Waals surface area contributed by atoms with Crippen LogP contribution in [0.2, 0.25) is 0 Å². The van der Waals surface area contributed by atoms with Crippen LogP contribution in [0.4, 0.5) is 20.2 Å². The minimum atomic E-state index is -0.921. The standard InChI is InChI=1S/C38H42N2O4.C34H34N2O3.C25H18F2O/c1-4-5-23-43-32-17-13-30(14-18-32)38(29-11-15-31(16-12-29)40-21-7-6-8-22-40)20-19-33-35(37(41)42-3)25-28-10-9-27(26-39-2)24-34(28)36(33)44-38;1-35-23-24-11-12-25-22-31(33(37)38-2)29-17-18-34(26-9-5-3-6-10-26,39-32(29)30(25)21-24)27-13-15-28(16-14-27)36-19-7-4-8-20-36;26-22-12-11-19(16-23(22)27)25(18-7-2-1-3-8-18)15-14-21-20-9-5-4-6-17(20)10-13-24(21)28-25/h9-20,24-25,39H,4-8,21-23,26H2,1-3H3;3,5-6,9-18,21-22,35H,4,7-8,19-20,23H2,1-2H3;1-13,16H,14-15H2. The van der Waals surface area contributed by atoms with Crippen molar-refractivity contribution in [3.05, 3.63) is 333 Å². The van der Waals surface area contributed by atoms with Crippen LogP contribution >= 0.6 is 0 Å². The molecule has 0 radical (unpaired) electrons. The molecule has 3 atom stereocenters. The van der Waals surface area contributed by atoms with E-state index in [1.807, 2.05) is 135 Å². The van der Waals surface area contributed by atoms with Gasteiger partial charge in [-0.3, -0.25) is 0 Å². The van der Waals surface area contributed by atoms with Crippen molar-refractivity contribution in [2.75, 3.05) is 70.9 Å². The Kier molecular flexibility index (Phi) is 22.5. The molecular weight excluding hydrogens is 1390 g/mol. The Balaban J connectivity index is 0.000000135. The molecule has 2 fully saturated rings. The summed E-state index contributed by atoms with van der Waals surface area (Å²) in [5, 5.41) is 12.6. The SMILES string of the molecule is CCCCOc1ccc(C2(c3ccc(N4CCCCC4)cc3)C=Cc3c(C(=O)OC)cc4ccc(CNC)cc4c3O2)cc1.CNCc1ccc2cc(C(=O)OC)c3c(c2c1)OC(c1ccccc1)(c1ccc(N2CCCCC2)cc1)C=C3.Fc1ccc(C2(c3ccccc3)CCc3c(ccc4ccccc34)O2)cc1F. The molecule has 0 saturated carbocycles. The molecule has 12 aromatic rings. The maximum absolute atomic E-state index is 14.1. The van der Waals surface area contributed by atoms with E-state index in [-0.39, 0.29) is 11.9 Å². The lowest BCUT2D eigenvalue weighted by Gasteiger charge is -2.40. The number of fused-ring (bicyclic) bond motifs is 9. The highest BCUT2D eigenvalue weighted by molar-refractivity contribution is 6.05. The summed E-state index contributed by atoms with van der Waals surface area (Å²) < 4.78 is 65.0. The molecule has 0 aliphatic carbocycles. The third kappa shape index (κ3) is 15.2. The van der Waals surface area contributed by atoms with E-state index in [0.717, 1.165) is 147 Å². The fourth-order valence-electron chi connectivity index (χ4n) is 16.5. The number of carbonyl (C=O) groups is 2. The number of unbranched alkanes of at least 4 members (excludes halogenated alkanes) is 1. The number of aryl methyl sites for hydroxylation is 1. The largest absolute Gasteiger partial charge is 0.494 e. The molecule has 564 valence electrons. The van der Waals surface area contributed by atoms with Crippen molar-refractivity contribution in [2.45, 2.75) is 101 Å². The average molecular weight is 1480 g/mol. The Morgan fingerprint density at radius 1 is 0.459 bits per heavy atom. The lowest BCUT2D eigenvalue weighted by atomic mass is 9.79. The summed E-state index contributed by atoms with van der Waals surface area (Å²) in [5.41, 5.74) is 11.4. The van der Waals surface area contributed by atoms with Crippen LogP contribution in [0.5, 0.6) is 23.0 Å². The molecule has 17 rings (SSSR count). The molecule has 5 aliphatic heterocycles. The van der Waals surface area contributed by atoms with Crippen LogP contribution in [-0.2, 0) is 45.8 Å². The van der Waals surface area contributed by atoms with Gasteiger partial charge in [0.2, 0.25) is 0 Å². The van der Waals surface area contributed by atoms with E-state index in [2.05, 4.69) is 149 Å². The van der Waals surface area contributed by atoms with Crippen molar-refractivity contribution in [3.8, 4) is 23.0 Å². The van der Waals surface area contributed by atoms with Gasteiger partial charge in [0.15, 0.2) is 28.4 Å². The maximum atomic E-state index is 14.1. The lowest BCUT2D eigenvalue weighted by molar-refractivity contribution is 0.0590. The molecule has 0 aromatic heterocycles. The number of halogens is 2. The van der Waals surface area contributed by atoms with Gasteiger partial charge in [0.25, 0.3) is 0 Å². The smallest absolute Gasteiger partial charge is 0.338 e. The van der Waals surface area contributed by atoms with Gasteiger partial charge in [-0.05, 0) is 213 Å². The Morgan fingerprint density at radius 2 is 0.928 bits per heavy atom. The molecule has 5 aliphatic rings. The molecule has 111 heavy (non-hydrogen) atoms. The number of piperidine rings is 2. The normalized spacial score (nSPS) is 18.2. The molecule has 5 heterocycles. The number of nitrogens with one attached hydrogen (secondary N) is 2. The van der Waals surface area contributed by atoms with Crippen LogP contribution in [0.3, 0.4) is 0 Å². The number of anilines is 2. The second kappa shape index (κ2) is 33.3. The summed E-state index contributed by atoms with van der Waals surface area (Å²) in [6, 6.07) is 78.6. The molecule has 0 spiro atoms. The predicted molar refractivity (Wildman–Crippen MR) is 442 cm³/mol. The van der Waals surface area contributed by atoms with Crippen molar-refractivity contribution in [3.63, 3.8) is 0 Å². The summed E-state index contributed by atoms with van der Waals surface area (Å²) in [6.07, 6.45) is 19.3. The van der Waals surface area contributed by atoms with Gasteiger partial charge in [0, 0.05) is 106 Å². The van der Waals surface area contributed by atoms with Crippen LogP contribution in [0.15, 0.2) is 249 Å². The highest BCUT2D eigenvalue weighted by Crippen LogP contribution is 2.51. The highest BCUT2D eigenvalue weighted by Gasteiger charge is 2.43. The number of hydrogen-bond donors (Lipinski definition) is 2. The van der Waals surface area contributed by atoms with E-state index in [0.29, 0.717) is 41.2 Å². The van der Waals surface area contributed by atoms with Crippen molar-refractivity contribution in [1.82, 2.24) is 10.6 Å². The van der Waals surface area contributed by atoms with Crippen LogP contribution in [-0.4, -0.2) is 73.0 Å². The van der Waals surface area contributed by atoms with Crippen molar-refractivity contribution < 1.29 is 46.8 Å². The van der Waals surface area contributed by atoms with Crippen molar-refractivity contribution in [2.24, 2.45) is 0 Å². The predicted octanol–water partition coefficient (Wildman–Crippen LogP) is 20.9. The summed E-state index contributed by atoms with van der Waals surface area (Å²) in [7, 11) is 6.71. The van der Waals surface area contributed by atoms with Gasteiger partial charge < -0.3 is 48.9 Å². The average Bonchev–Trinajstić information content (AvgIpc) is 0.744. The van der Waals surface area contributed by atoms with Gasteiger partial charge in [-0.15, -0.1) is 0 Å². The van der Waals surface area contributed by atoms with Crippen LogP contribution < -0.4 is 39.4 Å². The molecular formula is C97H94F2N4O8. The molecule has 3 unspecified atom stereocenters. The van der Waals surface area contributed by atoms with E-state index in [1.165, 1.54) is 87.0 Å². The first kappa shape index (κ1) is 74.9. The first-order valence-corrected chi connectivity index (χ1v) is 39.0. The molecule has 0 amide bonds. The van der Waals surface area contributed by atoms with Gasteiger partial charge in [-0.2, -0.15) is 0 Å². The minimum absolute atomic E-state index is 0.376. The summed E-state index contributed by atoms with van der Waals surface area (Å²) in [4.78, 5) is 30.8. The number of benzene rings is 12. The second-order valence-corrected chi connectivity index (χ2v) is 29.3. The quantitative estimate of drug-likeness (QED) is 0.0629. The fourth-order valence-corrected chi connectivity index (χ4v) is 16.5. The van der Waals surface area contributed by atoms with Crippen molar-refractivity contribution in [1.29, 1.82) is 0 Å². The Morgan fingerprint density at radius 3 is 1.42 bits per heavy atom. The fraction of sp³-hybridized carbons (Fsp3) is 0.258. The number of rotatable bonds is 18. The number of methoxy groups -OCH3 is 2. The Bertz CT molecular complexity index is 5390. The van der Waals surface area contributed by atoms with Crippen LogP contribution in [0.1, 0.15) is 147 Å². The first-order valence-electron chi connectivity index (χ1n) is 39.0. The minimum Gasteiger partial charge on any atom is -0.494 e. The Labute approximate surface area is 649 Å². The zero-order valence-electron chi connectivity index (χ0n) is 63.8. The lowest BCUT2D eigenvalue weighted by Crippen LogP contribution is -2.38. The number of carbonyl (C=O) groups excluding carboxylic acids is 2. The number of nitrogens with zero attached hydrogens (tertiary/aromatic N) is 2. The number of ether oxygens (including phenoxy) is 6. The zero-order chi connectivity index (χ0) is 76.5. The van der Waals surface area contributed by atoms with Crippen molar-refractivity contribution >= 4 is 67.8 Å². The molecule has 2 N–H and O–H groups in total. The molecule has 14 heteroatoms. The second-order valence-electron chi connectivity index (χ2n) is 29.3. The third-order valence-electron chi connectivity index (χ3n) is 22.4. The van der Waals surface area contributed by atoms with Gasteiger partial charge in [0.05, 0.1) is 32.0 Å². The molecule has 12 aromatic carbocycles. The summed E-state index contributed by atoms with van der Waals surface area (Å²) >= 11 is 0. The number of esters is 2. The molecule has 2 saturated heterocycles. The van der Waals surface area contributed by atoms with E-state index in [4.69, 9.17) is 28.4 Å². The topological polar surface area (TPSA) is 120 Å². The van der Waals surface area contributed by atoms with Crippen LogP contribution in [0.25, 0.3) is 44.5 Å². The summed E-state index contributed by atoms with van der Waals surface area (Å²) in [6.45, 7) is 8.70. The summed E-state index contributed by atoms with van der Waals surface area (Å²) in [5.74, 6) is 0.520. The Hall–Kier alpha value is -11.6. The first-order chi connectivity index (χ1) is 54.4. The maximum Gasteiger partial charge on any atom is 0.338 e.